The van der Waals surface area contributed by atoms with E-state index < -0.39 is 0 Å². The van der Waals surface area contributed by atoms with E-state index in [0.29, 0.717) is 19.7 Å². The molecule has 0 N–H and O–H groups in total. The van der Waals surface area contributed by atoms with Crippen LogP contribution in [-0.2, 0) is 27.4 Å². The summed E-state index contributed by atoms with van der Waals surface area (Å²) in [5, 5.41) is 2.10. The van der Waals surface area contributed by atoms with Crippen molar-refractivity contribution in [1.82, 2.24) is 9.80 Å². The van der Waals surface area contributed by atoms with Gasteiger partial charge >= 0.3 is 0 Å². The molecule has 0 aliphatic carbocycles. The molecule has 1 aliphatic heterocycles. The molecule has 1 aliphatic rings. The van der Waals surface area contributed by atoms with Crippen LogP contribution in [0.5, 0.6) is 0 Å². The molecule has 1 aromatic heterocycles. The van der Waals surface area contributed by atoms with Crippen LogP contribution in [0.3, 0.4) is 0 Å². The van der Waals surface area contributed by atoms with E-state index >= 15 is 0 Å². The summed E-state index contributed by atoms with van der Waals surface area (Å²) in [5.74, 6) is 0.0749. The fourth-order valence-corrected chi connectivity index (χ4v) is 5.35. The van der Waals surface area contributed by atoms with E-state index in [1.54, 1.807) is 16.2 Å². The zero-order valence-electron chi connectivity index (χ0n) is 19.9. The van der Waals surface area contributed by atoms with E-state index in [4.69, 9.17) is 4.74 Å². The van der Waals surface area contributed by atoms with Crippen molar-refractivity contribution in [3.05, 3.63) is 93.7 Å². The number of ether oxygens (including phenoxy) is 1. The van der Waals surface area contributed by atoms with Gasteiger partial charge in [0.15, 0.2) is 0 Å². The van der Waals surface area contributed by atoms with Gasteiger partial charge in [0, 0.05) is 18.0 Å². The molecule has 6 heteroatoms. The predicted molar refractivity (Wildman–Crippen MR) is 136 cm³/mol. The van der Waals surface area contributed by atoms with Gasteiger partial charge in [0.1, 0.15) is 6.61 Å². The van der Waals surface area contributed by atoms with E-state index in [1.807, 2.05) is 53.4 Å². The Morgan fingerprint density at radius 1 is 1.06 bits per heavy atom. The second-order valence-electron chi connectivity index (χ2n) is 9.10. The van der Waals surface area contributed by atoms with Crippen molar-refractivity contribution < 1.29 is 14.3 Å². The van der Waals surface area contributed by atoms with Crippen LogP contribution in [-0.4, -0.2) is 47.9 Å². The summed E-state index contributed by atoms with van der Waals surface area (Å²) < 4.78 is 5.68. The van der Waals surface area contributed by atoms with E-state index in [1.165, 1.54) is 10.4 Å². The molecule has 0 fully saturated rings. The average Bonchev–Trinajstić information content (AvgIpc) is 3.33. The average molecular weight is 477 g/mol. The highest BCUT2D eigenvalue weighted by molar-refractivity contribution is 7.10. The summed E-state index contributed by atoms with van der Waals surface area (Å²) in [7, 11) is 0. The van der Waals surface area contributed by atoms with Crippen LogP contribution in [0.25, 0.3) is 0 Å². The first-order chi connectivity index (χ1) is 16.5. The molecule has 0 saturated heterocycles. The summed E-state index contributed by atoms with van der Waals surface area (Å²) in [6, 6.07) is 22.0. The van der Waals surface area contributed by atoms with Gasteiger partial charge in [-0.05, 0) is 40.5 Å². The van der Waals surface area contributed by atoms with E-state index in [2.05, 4.69) is 37.4 Å². The van der Waals surface area contributed by atoms with Gasteiger partial charge in [0.25, 0.3) is 0 Å². The lowest BCUT2D eigenvalue weighted by Crippen LogP contribution is -2.48. The Hall–Kier alpha value is -2.96. The topological polar surface area (TPSA) is 49.9 Å². The lowest BCUT2D eigenvalue weighted by atomic mass is 9.93. The summed E-state index contributed by atoms with van der Waals surface area (Å²) in [6.45, 7) is 5.69. The lowest BCUT2D eigenvalue weighted by molar-refractivity contribution is -0.145. The van der Waals surface area contributed by atoms with Crippen molar-refractivity contribution in [2.45, 2.75) is 32.9 Å². The monoisotopic (exact) mass is 476 g/mol. The maximum absolute atomic E-state index is 13.6. The number of carbonyl (C=O) groups is 2. The van der Waals surface area contributed by atoms with Crippen molar-refractivity contribution in [2.24, 2.45) is 5.92 Å². The molecule has 2 aromatic carbocycles. The predicted octanol–water partition coefficient (Wildman–Crippen LogP) is 4.92. The molecule has 0 bridgehead atoms. The molecule has 0 radical (unpaired) electrons. The normalized spacial score (nSPS) is 15.3. The van der Waals surface area contributed by atoms with Crippen molar-refractivity contribution in [2.75, 3.05) is 26.2 Å². The molecule has 0 saturated carbocycles. The number of hydrogen-bond donors (Lipinski definition) is 0. The number of fused-ring (bicyclic) bond motifs is 1. The molecular weight excluding hydrogens is 444 g/mol. The molecule has 0 spiro atoms. The largest absolute Gasteiger partial charge is 0.367 e. The zero-order chi connectivity index (χ0) is 23.9. The Morgan fingerprint density at radius 3 is 2.47 bits per heavy atom. The first-order valence-electron chi connectivity index (χ1n) is 11.8. The van der Waals surface area contributed by atoms with Crippen LogP contribution in [0.15, 0.2) is 72.1 Å². The quantitative estimate of drug-likeness (QED) is 0.440. The van der Waals surface area contributed by atoms with Gasteiger partial charge < -0.3 is 14.5 Å². The first kappa shape index (κ1) is 24.2. The minimum atomic E-state index is -0.150. The molecule has 4 rings (SSSR count). The molecule has 1 atom stereocenters. The third kappa shape index (κ3) is 5.93. The third-order valence-electron chi connectivity index (χ3n) is 6.00. The van der Waals surface area contributed by atoms with Gasteiger partial charge in [-0.25, -0.2) is 0 Å². The van der Waals surface area contributed by atoms with Crippen LogP contribution >= 0.6 is 11.3 Å². The Balaban J connectivity index is 1.46. The zero-order valence-corrected chi connectivity index (χ0v) is 20.7. The smallest absolute Gasteiger partial charge is 0.249 e. The van der Waals surface area contributed by atoms with Crippen molar-refractivity contribution in [3.8, 4) is 0 Å². The van der Waals surface area contributed by atoms with E-state index in [-0.39, 0.29) is 36.9 Å². The summed E-state index contributed by atoms with van der Waals surface area (Å²) in [5.41, 5.74) is 3.32. The minimum absolute atomic E-state index is 0.0252. The highest BCUT2D eigenvalue weighted by atomic mass is 32.1. The van der Waals surface area contributed by atoms with Crippen LogP contribution in [0.1, 0.15) is 41.5 Å². The second kappa shape index (κ2) is 11.4. The second-order valence-corrected chi connectivity index (χ2v) is 10.1. The molecule has 3 aromatic rings. The number of thiophene rings is 1. The Bertz CT molecular complexity index is 1080. The Labute approximate surface area is 206 Å². The van der Waals surface area contributed by atoms with Crippen LogP contribution < -0.4 is 0 Å². The molecule has 1 unspecified atom stereocenters. The van der Waals surface area contributed by atoms with Crippen molar-refractivity contribution in [1.29, 1.82) is 0 Å². The molecule has 2 heterocycles. The third-order valence-corrected chi connectivity index (χ3v) is 7.00. The van der Waals surface area contributed by atoms with Crippen molar-refractivity contribution in [3.63, 3.8) is 0 Å². The number of benzene rings is 2. The number of hydrogen-bond acceptors (Lipinski definition) is 4. The molecular formula is C28H32N2O3S. The fraction of sp³-hybridized carbons (Fsp3) is 0.357. The van der Waals surface area contributed by atoms with Crippen LogP contribution in [0.4, 0.5) is 0 Å². The minimum Gasteiger partial charge on any atom is -0.367 e. The van der Waals surface area contributed by atoms with Gasteiger partial charge in [-0.2, -0.15) is 0 Å². The van der Waals surface area contributed by atoms with Gasteiger partial charge in [-0.15, -0.1) is 11.3 Å². The number of nitrogens with zero attached hydrogens (tertiary/aromatic N) is 2. The summed E-state index contributed by atoms with van der Waals surface area (Å²) in [4.78, 5) is 31.6. The maximum Gasteiger partial charge on any atom is 0.249 e. The number of rotatable bonds is 9. The summed E-state index contributed by atoms with van der Waals surface area (Å²) >= 11 is 1.75. The molecule has 5 nitrogen and oxygen atoms in total. The van der Waals surface area contributed by atoms with Crippen molar-refractivity contribution >= 4 is 23.2 Å². The fourth-order valence-electron chi connectivity index (χ4n) is 4.45. The van der Waals surface area contributed by atoms with Gasteiger partial charge in [-0.1, -0.05) is 74.5 Å². The van der Waals surface area contributed by atoms with Gasteiger partial charge in [0.05, 0.1) is 19.2 Å². The SMILES string of the molecule is CC(C)CN(CC(=O)N1CCc2sccc2C1c1ccccc1)C(=O)COCc1ccccc1. The van der Waals surface area contributed by atoms with Crippen LogP contribution in [0.2, 0.25) is 0 Å². The van der Waals surface area contributed by atoms with Gasteiger partial charge in [0.2, 0.25) is 11.8 Å². The number of amides is 2. The molecule has 34 heavy (non-hydrogen) atoms. The Kier molecular flexibility index (Phi) is 8.14. The Morgan fingerprint density at radius 2 is 1.76 bits per heavy atom. The van der Waals surface area contributed by atoms with E-state index in [9.17, 15) is 9.59 Å². The maximum atomic E-state index is 13.6. The first-order valence-corrected chi connectivity index (χ1v) is 12.7. The highest BCUT2D eigenvalue weighted by Gasteiger charge is 2.34. The summed E-state index contributed by atoms with van der Waals surface area (Å²) in [6.07, 6.45) is 0.848. The lowest BCUT2D eigenvalue weighted by Gasteiger charge is -2.37. The van der Waals surface area contributed by atoms with E-state index in [0.717, 1.165) is 17.5 Å². The standard InChI is InChI=1S/C28H32N2O3S/c1-21(2)17-29(27(32)20-33-19-22-9-5-3-6-10-22)18-26(31)30-15-13-25-24(14-16-34-25)28(30)23-11-7-4-8-12-23/h3-12,14,16,21,28H,13,15,17-20H2,1-2H3. The van der Waals surface area contributed by atoms with Gasteiger partial charge in [-0.3, -0.25) is 9.59 Å². The molecule has 178 valence electrons. The van der Waals surface area contributed by atoms with Crippen LogP contribution in [0, 0.1) is 5.92 Å². The highest BCUT2D eigenvalue weighted by Crippen LogP contribution is 2.37. The number of carbonyl (C=O) groups excluding carboxylic acids is 2. The molecule has 2 amide bonds.